The smallest absolute Gasteiger partial charge is 0.128 e. The van der Waals surface area contributed by atoms with E-state index in [9.17, 15) is 10.3 Å². The summed E-state index contributed by atoms with van der Waals surface area (Å²) in [6.07, 6.45) is 9.88. The van der Waals surface area contributed by atoms with E-state index in [1.54, 1.807) is 7.11 Å². The highest BCUT2D eigenvalue weighted by atomic mass is 16.6. The molecule has 1 fully saturated rings. The minimum Gasteiger partial charge on any atom is -0.783 e. The highest BCUT2D eigenvalue weighted by Crippen LogP contribution is 2.32. The summed E-state index contributed by atoms with van der Waals surface area (Å²) in [5, 5.41) is 24.2. The zero-order chi connectivity index (χ0) is 24.4. The third-order valence-corrected chi connectivity index (χ3v) is 6.47. The molecule has 1 N–H and O–H groups in total. The number of aliphatic hydroxyl groups excluding tert-OH is 1. The number of hydrogen-bond acceptors (Lipinski definition) is 6. The number of piperidine rings is 1. The molecule has 32 heavy (non-hydrogen) atoms. The molecule has 0 aromatic rings. The van der Waals surface area contributed by atoms with Crippen LogP contribution in [0.5, 0.6) is 0 Å². The number of allylic oxidation sites excluding steroid dienone is 5. The minimum absolute atomic E-state index is 0.0834. The molecule has 1 rings (SSSR count). The average Bonchev–Trinajstić information content (AvgIpc) is 2.75. The van der Waals surface area contributed by atoms with Gasteiger partial charge in [0.15, 0.2) is 0 Å². The van der Waals surface area contributed by atoms with Gasteiger partial charge in [0, 0.05) is 33.3 Å². The molecule has 0 radical (unpaired) electrons. The molecule has 7 unspecified atom stereocenters. The Labute approximate surface area is 195 Å². The Morgan fingerprint density at radius 1 is 1.12 bits per heavy atom. The normalized spacial score (nSPS) is 30.7. The zero-order valence-corrected chi connectivity index (χ0v) is 21.4. The first-order chi connectivity index (χ1) is 15.1. The van der Waals surface area contributed by atoms with Gasteiger partial charge in [0.25, 0.3) is 0 Å². The first-order valence-electron chi connectivity index (χ1n) is 11.5. The van der Waals surface area contributed by atoms with Gasteiger partial charge in [0.1, 0.15) is 12.3 Å². The maximum atomic E-state index is 12.7. The van der Waals surface area contributed by atoms with E-state index in [1.165, 1.54) is 30.9 Å². The van der Waals surface area contributed by atoms with Crippen molar-refractivity contribution in [2.45, 2.75) is 85.0 Å². The van der Waals surface area contributed by atoms with Crippen molar-refractivity contribution in [3.8, 4) is 0 Å². The number of ether oxygens (including phenoxy) is 3. The second kappa shape index (κ2) is 14.1. The predicted molar refractivity (Wildman–Crippen MR) is 131 cm³/mol. The summed E-state index contributed by atoms with van der Waals surface area (Å²) in [7, 11) is 4.71. The average molecular weight is 451 g/mol. The van der Waals surface area contributed by atoms with Gasteiger partial charge < -0.3 is 29.6 Å². The van der Waals surface area contributed by atoms with Crippen LogP contribution >= 0.6 is 0 Å². The molecule has 0 saturated carbocycles. The SMILES string of the molecule is CC=C(C)C(OC)C(C)C=C(C)C=C(C)CC=CCC1C(C)C(O)C(OC)C(OC)N1[O-]. The van der Waals surface area contributed by atoms with Gasteiger partial charge in [-0.15, -0.1) is 0 Å². The summed E-state index contributed by atoms with van der Waals surface area (Å²) in [6, 6.07) is -0.356. The van der Waals surface area contributed by atoms with Crippen LogP contribution in [-0.4, -0.2) is 62.1 Å². The van der Waals surface area contributed by atoms with E-state index in [4.69, 9.17) is 14.2 Å². The fourth-order valence-corrected chi connectivity index (χ4v) is 4.56. The second-order valence-corrected chi connectivity index (χ2v) is 8.96. The lowest BCUT2D eigenvalue weighted by Gasteiger charge is -2.54. The van der Waals surface area contributed by atoms with Gasteiger partial charge in [0.2, 0.25) is 0 Å². The quantitative estimate of drug-likeness (QED) is 0.353. The maximum absolute atomic E-state index is 12.7. The van der Waals surface area contributed by atoms with Crippen LogP contribution in [-0.2, 0) is 14.2 Å². The molecule has 0 amide bonds. The fraction of sp³-hybridized carbons (Fsp3) is 0.692. The number of hydrogen-bond donors (Lipinski definition) is 1. The van der Waals surface area contributed by atoms with Crippen molar-refractivity contribution in [3.05, 3.63) is 52.3 Å². The number of aliphatic hydroxyl groups is 1. The van der Waals surface area contributed by atoms with E-state index in [2.05, 4.69) is 52.0 Å². The molecule has 6 nitrogen and oxygen atoms in total. The molecule has 0 spiro atoms. The fourth-order valence-electron chi connectivity index (χ4n) is 4.56. The molecular weight excluding hydrogens is 406 g/mol. The van der Waals surface area contributed by atoms with Crippen LogP contribution in [0.2, 0.25) is 0 Å². The molecule has 7 atom stereocenters. The van der Waals surface area contributed by atoms with Gasteiger partial charge in [-0.3, -0.25) is 0 Å². The summed E-state index contributed by atoms with van der Waals surface area (Å²) >= 11 is 0. The van der Waals surface area contributed by atoms with Crippen LogP contribution in [0.1, 0.15) is 54.4 Å². The van der Waals surface area contributed by atoms with Crippen LogP contribution in [0, 0.1) is 17.0 Å². The van der Waals surface area contributed by atoms with Crippen molar-refractivity contribution in [2.24, 2.45) is 11.8 Å². The van der Waals surface area contributed by atoms with Gasteiger partial charge in [0.05, 0.1) is 12.2 Å². The summed E-state index contributed by atoms with van der Waals surface area (Å²) < 4.78 is 16.3. The Balaban J connectivity index is 2.72. The molecule has 1 aliphatic rings. The lowest BCUT2D eigenvalue weighted by Crippen LogP contribution is -2.62. The number of rotatable bonds is 11. The van der Waals surface area contributed by atoms with Crippen LogP contribution in [0.25, 0.3) is 0 Å². The van der Waals surface area contributed by atoms with Crippen LogP contribution < -0.4 is 0 Å². The Kier molecular flexibility index (Phi) is 12.7. The van der Waals surface area contributed by atoms with Gasteiger partial charge in [-0.25, -0.2) is 0 Å². The van der Waals surface area contributed by atoms with E-state index in [0.29, 0.717) is 6.42 Å². The largest absolute Gasteiger partial charge is 0.783 e. The zero-order valence-electron chi connectivity index (χ0n) is 21.4. The molecule has 6 heteroatoms. The van der Waals surface area contributed by atoms with Crippen LogP contribution in [0.4, 0.5) is 0 Å². The van der Waals surface area contributed by atoms with Crippen molar-refractivity contribution in [1.82, 2.24) is 5.06 Å². The van der Waals surface area contributed by atoms with Gasteiger partial charge in [-0.05, 0) is 52.0 Å². The summed E-state index contributed by atoms with van der Waals surface area (Å²) in [4.78, 5) is 0. The molecule has 1 aliphatic heterocycles. The van der Waals surface area contributed by atoms with E-state index in [-0.39, 0.29) is 24.0 Å². The van der Waals surface area contributed by atoms with Gasteiger partial charge >= 0.3 is 0 Å². The monoisotopic (exact) mass is 450 g/mol. The molecule has 0 aromatic carbocycles. The van der Waals surface area contributed by atoms with Gasteiger partial charge in [-0.2, -0.15) is 0 Å². The highest BCUT2D eigenvalue weighted by molar-refractivity contribution is 5.24. The first kappa shape index (κ1) is 28.8. The van der Waals surface area contributed by atoms with Crippen molar-refractivity contribution < 1.29 is 19.3 Å². The van der Waals surface area contributed by atoms with Crippen LogP contribution in [0.3, 0.4) is 0 Å². The Morgan fingerprint density at radius 3 is 2.31 bits per heavy atom. The van der Waals surface area contributed by atoms with E-state index in [0.717, 1.165) is 11.5 Å². The van der Waals surface area contributed by atoms with E-state index >= 15 is 0 Å². The molecule has 0 aliphatic carbocycles. The highest BCUT2D eigenvalue weighted by Gasteiger charge is 2.43. The Hall–Kier alpha value is -1.28. The molecule has 0 bridgehead atoms. The predicted octanol–water partition coefficient (Wildman–Crippen LogP) is 5.00. The third kappa shape index (κ3) is 7.65. The Bertz CT molecular complexity index is 684. The second-order valence-electron chi connectivity index (χ2n) is 8.96. The summed E-state index contributed by atoms with van der Waals surface area (Å²) in [6.45, 7) is 12.4. The van der Waals surface area contributed by atoms with Crippen molar-refractivity contribution in [1.29, 1.82) is 0 Å². The summed E-state index contributed by atoms with van der Waals surface area (Å²) in [5.41, 5.74) is 3.68. The maximum Gasteiger partial charge on any atom is 0.128 e. The standard InChI is InChI=1S/C26H44NO5/c1-10-19(4)24(30-7)20(5)16-18(3)15-17(2)13-11-12-14-22-21(6)23(28)25(31-8)26(32-9)27(22)29/h10-12,15-16,20-26,28H,13-14H2,1-9H3/q-1. The summed E-state index contributed by atoms with van der Waals surface area (Å²) in [5.74, 6) is 0.0638. The van der Waals surface area contributed by atoms with Crippen molar-refractivity contribution in [2.75, 3.05) is 21.3 Å². The lowest BCUT2D eigenvalue weighted by atomic mass is 9.85. The number of nitrogens with zero attached hydrogens (tertiary/aromatic N) is 1. The molecule has 1 heterocycles. The molecule has 0 aromatic heterocycles. The minimum atomic E-state index is -0.803. The lowest BCUT2D eigenvalue weighted by molar-refractivity contribution is -0.201. The number of hydroxylamine groups is 2. The van der Waals surface area contributed by atoms with Crippen LogP contribution in [0.15, 0.2) is 47.1 Å². The number of methoxy groups -OCH3 is 3. The molecular formula is C26H44NO5-. The molecule has 184 valence electrons. The van der Waals surface area contributed by atoms with E-state index < -0.39 is 18.4 Å². The topological polar surface area (TPSA) is 74.2 Å². The Morgan fingerprint density at radius 2 is 1.78 bits per heavy atom. The molecule has 1 saturated heterocycles. The first-order valence-corrected chi connectivity index (χ1v) is 11.5. The van der Waals surface area contributed by atoms with E-state index in [1.807, 2.05) is 19.9 Å². The van der Waals surface area contributed by atoms with Crippen molar-refractivity contribution in [3.63, 3.8) is 0 Å². The third-order valence-electron chi connectivity index (χ3n) is 6.47. The van der Waals surface area contributed by atoms with Crippen molar-refractivity contribution >= 4 is 0 Å². The van der Waals surface area contributed by atoms with Gasteiger partial charge in [-0.1, -0.05) is 55.4 Å².